The number of carbonyl (C=O) groups is 1. The van der Waals surface area contributed by atoms with E-state index in [1.807, 2.05) is 0 Å². The van der Waals surface area contributed by atoms with Crippen LogP contribution in [0.15, 0.2) is 0 Å². The topological polar surface area (TPSA) is 46.3 Å². The summed E-state index contributed by atoms with van der Waals surface area (Å²) in [5.74, 6) is 2.66. The van der Waals surface area contributed by atoms with Gasteiger partial charge in [0, 0.05) is 19.1 Å². The molecule has 0 aromatic heterocycles. The third kappa shape index (κ3) is 2.15. The Balaban J connectivity index is 1.55. The average molecular weight is 290 g/mol. The number of hydrogen-bond donors (Lipinski definition) is 1. The summed E-state index contributed by atoms with van der Waals surface area (Å²) < 4.78 is 0. The molecule has 0 aromatic carbocycles. The van der Waals surface area contributed by atoms with Gasteiger partial charge in [-0.2, -0.15) is 0 Å². The van der Waals surface area contributed by atoms with Gasteiger partial charge < -0.3 is 10.6 Å². The lowest BCUT2D eigenvalue weighted by molar-refractivity contribution is -0.165. The first-order valence-corrected chi connectivity index (χ1v) is 8.94. The van der Waals surface area contributed by atoms with Crippen LogP contribution < -0.4 is 5.73 Å². The van der Waals surface area contributed by atoms with Crippen molar-refractivity contribution >= 4 is 5.91 Å². The smallest absolute Gasteiger partial charge is 0.228 e. The van der Waals surface area contributed by atoms with Gasteiger partial charge in [0.25, 0.3) is 0 Å². The molecule has 118 valence electrons. The molecule has 1 saturated heterocycles. The molecular weight excluding hydrogens is 260 g/mol. The Kier molecular flexibility index (Phi) is 2.99. The van der Waals surface area contributed by atoms with Gasteiger partial charge >= 0.3 is 0 Å². The average Bonchev–Trinajstić information content (AvgIpc) is 2.84. The lowest BCUT2D eigenvalue weighted by Crippen LogP contribution is -2.57. The van der Waals surface area contributed by atoms with Gasteiger partial charge in [0.2, 0.25) is 5.91 Å². The highest BCUT2D eigenvalue weighted by molar-refractivity contribution is 5.83. The highest BCUT2D eigenvalue weighted by Gasteiger charge is 2.59. The summed E-state index contributed by atoms with van der Waals surface area (Å²) in [6.07, 6.45) is 8.76. The zero-order chi connectivity index (χ0) is 14.8. The predicted molar refractivity (Wildman–Crippen MR) is 83.6 cm³/mol. The van der Waals surface area contributed by atoms with Crippen molar-refractivity contribution in [2.75, 3.05) is 13.1 Å². The van der Waals surface area contributed by atoms with Crippen LogP contribution in [-0.2, 0) is 4.79 Å². The van der Waals surface area contributed by atoms with Crippen molar-refractivity contribution in [3.63, 3.8) is 0 Å². The lowest BCUT2D eigenvalue weighted by atomic mass is 9.44. The van der Waals surface area contributed by atoms with E-state index in [0.29, 0.717) is 17.2 Å². The van der Waals surface area contributed by atoms with E-state index in [2.05, 4.69) is 18.7 Å². The van der Waals surface area contributed by atoms with Crippen LogP contribution in [0.4, 0.5) is 0 Å². The van der Waals surface area contributed by atoms with E-state index in [1.165, 1.54) is 32.1 Å². The lowest BCUT2D eigenvalue weighted by Gasteiger charge is -2.61. The number of nitrogens with zero attached hydrogens (tertiary/aromatic N) is 1. The third-order valence-electron chi connectivity index (χ3n) is 7.06. The number of nitrogens with two attached hydrogens (primary N) is 1. The van der Waals surface area contributed by atoms with Crippen LogP contribution in [0.5, 0.6) is 0 Å². The largest absolute Gasteiger partial charge is 0.342 e. The van der Waals surface area contributed by atoms with Gasteiger partial charge in [0.15, 0.2) is 0 Å². The monoisotopic (exact) mass is 290 g/mol. The summed E-state index contributed by atoms with van der Waals surface area (Å²) in [7, 11) is 0. The summed E-state index contributed by atoms with van der Waals surface area (Å²) in [5.41, 5.74) is 6.51. The number of carbonyl (C=O) groups excluding carboxylic acids is 1. The van der Waals surface area contributed by atoms with Crippen molar-refractivity contribution in [3.05, 3.63) is 0 Å². The maximum Gasteiger partial charge on any atom is 0.228 e. The molecule has 1 aliphatic heterocycles. The second-order valence-electron chi connectivity index (χ2n) is 9.21. The fourth-order valence-electron chi connectivity index (χ4n) is 6.71. The van der Waals surface area contributed by atoms with Crippen LogP contribution in [0.1, 0.15) is 58.8 Å². The van der Waals surface area contributed by atoms with Crippen LogP contribution in [0.25, 0.3) is 0 Å². The molecule has 0 spiro atoms. The van der Waals surface area contributed by atoms with E-state index in [0.717, 1.165) is 37.8 Å². The molecule has 4 unspecified atom stereocenters. The van der Waals surface area contributed by atoms with Crippen LogP contribution >= 0.6 is 0 Å². The van der Waals surface area contributed by atoms with Gasteiger partial charge in [0.1, 0.15) is 0 Å². The van der Waals surface area contributed by atoms with Gasteiger partial charge in [0.05, 0.1) is 5.41 Å². The second-order valence-corrected chi connectivity index (χ2v) is 9.21. The zero-order valence-corrected chi connectivity index (χ0v) is 13.6. The summed E-state index contributed by atoms with van der Waals surface area (Å²) in [6.45, 7) is 6.38. The van der Waals surface area contributed by atoms with Gasteiger partial charge in [-0.3, -0.25) is 4.79 Å². The molecule has 1 amide bonds. The van der Waals surface area contributed by atoms with Crippen molar-refractivity contribution in [3.8, 4) is 0 Å². The number of hydrogen-bond acceptors (Lipinski definition) is 2. The van der Waals surface area contributed by atoms with Crippen molar-refractivity contribution in [1.29, 1.82) is 0 Å². The van der Waals surface area contributed by atoms with Crippen molar-refractivity contribution in [2.24, 2.45) is 34.3 Å². The molecule has 21 heavy (non-hydrogen) atoms. The highest BCUT2D eigenvalue weighted by Crippen LogP contribution is 2.65. The van der Waals surface area contributed by atoms with Gasteiger partial charge in [-0.1, -0.05) is 6.92 Å². The quantitative estimate of drug-likeness (QED) is 0.850. The molecule has 3 nitrogen and oxygen atoms in total. The number of rotatable bonds is 2. The minimum atomic E-state index is 0.00552. The molecule has 4 aliphatic carbocycles. The summed E-state index contributed by atoms with van der Waals surface area (Å²) in [5, 5.41) is 0. The van der Waals surface area contributed by atoms with Gasteiger partial charge in [-0.15, -0.1) is 0 Å². The SMILES string of the molecule is CC(N)C1CCN(C(=O)C23CC4CC(CC(C)(C4)C2)C3)C1. The summed E-state index contributed by atoms with van der Waals surface area (Å²) in [6, 6.07) is 0.219. The number of likely N-dealkylation sites (tertiary alicyclic amines) is 1. The van der Waals surface area contributed by atoms with Crippen LogP contribution in [-0.4, -0.2) is 29.9 Å². The normalized spacial score (nSPS) is 49.7. The zero-order valence-electron chi connectivity index (χ0n) is 13.6. The Morgan fingerprint density at radius 1 is 1.24 bits per heavy atom. The first kappa shape index (κ1) is 14.0. The molecule has 1 heterocycles. The van der Waals surface area contributed by atoms with Crippen molar-refractivity contribution in [2.45, 2.75) is 64.8 Å². The molecule has 4 saturated carbocycles. The second kappa shape index (κ2) is 4.47. The Morgan fingerprint density at radius 3 is 2.43 bits per heavy atom. The Labute approximate surface area is 128 Å². The molecular formula is C18H30N2O. The van der Waals surface area contributed by atoms with E-state index < -0.39 is 0 Å². The Hall–Kier alpha value is -0.570. The third-order valence-corrected chi connectivity index (χ3v) is 7.06. The minimum absolute atomic E-state index is 0.00552. The molecule has 5 aliphatic rings. The van der Waals surface area contributed by atoms with Crippen LogP contribution in [0.2, 0.25) is 0 Å². The van der Waals surface area contributed by atoms with Gasteiger partial charge in [-0.25, -0.2) is 0 Å². The fourth-order valence-corrected chi connectivity index (χ4v) is 6.71. The molecule has 0 aromatic rings. The van der Waals surface area contributed by atoms with Crippen molar-refractivity contribution < 1.29 is 4.79 Å². The summed E-state index contributed by atoms with van der Waals surface area (Å²) in [4.78, 5) is 15.5. The standard InChI is InChI=1S/C18H30N2O/c1-12(19)15-3-4-20(10-15)16(21)18-8-13-5-14(9-18)7-17(2,6-13)11-18/h12-15H,3-11,19H2,1-2H3. The summed E-state index contributed by atoms with van der Waals surface area (Å²) >= 11 is 0. The molecule has 4 atom stereocenters. The number of amides is 1. The molecule has 4 bridgehead atoms. The van der Waals surface area contributed by atoms with E-state index >= 15 is 0 Å². The highest BCUT2D eigenvalue weighted by atomic mass is 16.2. The fraction of sp³-hybridized carbons (Fsp3) is 0.944. The molecule has 3 heteroatoms. The minimum Gasteiger partial charge on any atom is -0.342 e. The van der Waals surface area contributed by atoms with E-state index in [1.54, 1.807) is 0 Å². The molecule has 5 fully saturated rings. The first-order valence-electron chi connectivity index (χ1n) is 8.94. The van der Waals surface area contributed by atoms with Crippen molar-refractivity contribution in [1.82, 2.24) is 4.90 Å². The predicted octanol–water partition coefficient (Wildman–Crippen LogP) is 2.79. The Bertz CT molecular complexity index is 444. The molecule has 2 N–H and O–H groups in total. The maximum atomic E-state index is 13.3. The Morgan fingerprint density at radius 2 is 1.90 bits per heavy atom. The maximum absolute atomic E-state index is 13.3. The van der Waals surface area contributed by atoms with E-state index in [9.17, 15) is 4.79 Å². The molecule has 0 radical (unpaired) electrons. The first-order chi connectivity index (χ1) is 9.89. The molecule has 5 rings (SSSR count). The van der Waals surface area contributed by atoms with E-state index in [-0.39, 0.29) is 11.5 Å². The van der Waals surface area contributed by atoms with Crippen LogP contribution in [0.3, 0.4) is 0 Å². The van der Waals surface area contributed by atoms with Crippen LogP contribution in [0, 0.1) is 28.6 Å². The van der Waals surface area contributed by atoms with E-state index in [4.69, 9.17) is 5.73 Å². The van der Waals surface area contributed by atoms with Gasteiger partial charge in [-0.05, 0) is 75.0 Å².